The summed E-state index contributed by atoms with van der Waals surface area (Å²) >= 11 is 6.09. The lowest BCUT2D eigenvalue weighted by Gasteiger charge is -2.11. The van der Waals surface area contributed by atoms with E-state index in [1.807, 2.05) is 37.3 Å². The highest BCUT2D eigenvalue weighted by Gasteiger charge is 2.07. The first-order valence-electron chi connectivity index (χ1n) is 6.67. The lowest BCUT2D eigenvalue weighted by atomic mass is 10.1. The SMILES string of the molecule is Cc1ccc(Cl)c(OCc2ccc(C(=O)N(C)C)cc2)c1. The molecule has 2 rings (SSSR count). The Morgan fingerprint density at radius 2 is 1.81 bits per heavy atom. The molecule has 0 saturated carbocycles. The number of carbonyl (C=O) groups excluding carboxylic acids is 1. The van der Waals surface area contributed by atoms with Crippen molar-refractivity contribution in [2.24, 2.45) is 0 Å². The maximum Gasteiger partial charge on any atom is 0.253 e. The van der Waals surface area contributed by atoms with Crippen LogP contribution in [0.1, 0.15) is 21.5 Å². The molecule has 0 spiro atoms. The maximum atomic E-state index is 11.8. The van der Waals surface area contributed by atoms with Gasteiger partial charge in [0.2, 0.25) is 0 Å². The monoisotopic (exact) mass is 303 g/mol. The molecule has 2 aromatic carbocycles. The zero-order valence-corrected chi connectivity index (χ0v) is 13.1. The van der Waals surface area contributed by atoms with Crippen molar-refractivity contribution >= 4 is 17.5 Å². The molecule has 0 aliphatic heterocycles. The number of hydrogen-bond acceptors (Lipinski definition) is 2. The molecule has 0 aliphatic carbocycles. The fourth-order valence-electron chi connectivity index (χ4n) is 1.88. The molecule has 0 fully saturated rings. The molecule has 4 heteroatoms. The zero-order valence-electron chi connectivity index (χ0n) is 12.4. The largest absolute Gasteiger partial charge is 0.487 e. The molecule has 0 aliphatic rings. The summed E-state index contributed by atoms with van der Waals surface area (Å²) in [5.74, 6) is 0.661. The van der Waals surface area contributed by atoms with Crippen LogP contribution in [0.2, 0.25) is 5.02 Å². The molecule has 0 aromatic heterocycles. The molecule has 0 saturated heterocycles. The van der Waals surface area contributed by atoms with Crippen LogP contribution in [0.4, 0.5) is 0 Å². The minimum atomic E-state index is -0.0100. The van der Waals surface area contributed by atoms with Gasteiger partial charge in [0.1, 0.15) is 12.4 Å². The number of rotatable bonds is 4. The average molecular weight is 304 g/mol. The molecule has 0 unspecified atom stereocenters. The zero-order chi connectivity index (χ0) is 15.4. The van der Waals surface area contributed by atoms with Crippen LogP contribution >= 0.6 is 11.6 Å². The Morgan fingerprint density at radius 3 is 2.43 bits per heavy atom. The topological polar surface area (TPSA) is 29.5 Å². The molecule has 1 amide bonds. The Kier molecular flexibility index (Phi) is 4.86. The van der Waals surface area contributed by atoms with Gasteiger partial charge in [-0.2, -0.15) is 0 Å². The molecule has 3 nitrogen and oxygen atoms in total. The summed E-state index contributed by atoms with van der Waals surface area (Å²) in [4.78, 5) is 13.3. The highest BCUT2D eigenvalue weighted by molar-refractivity contribution is 6.32. The number of amides is 1. The second-order valence-corrected chi connectivity index (χ2v) is 5.53. The lowest BCUT2D eigenvalue weighted by molar-refractivity contribution is 0.0827. The predicted molar refractivity (Wildman–Crippen MR) is 85.0 cm³/mol. The van der Waals surface area contributed by atoms with Crippen molar-refractivity contribution < 1.29 is 9.53 Å². The normalized spacial score (nSPS) is 10.3. The van der Waals surface area contributed by atoms with Gasteiger partial charge in [0.15, 0.2) is 0 Å². The fraction of sp³-hybridized carbons (Fsp3) is 0.235. The second kappa shape index (κ2) is 6.64. The van der Waals surface area contributed by atoms with Crippen LogP contribution in [0.5, 0.6) is 5.75 Å². The maximum absolute atomic E-state index is 11.8. The highest BCUT2D eigenvalue weighted by atomic mass is 35.5. The minimum Gasteiger partial charge on any atom is -0.487 e. The van der Waals surface area contributed by atoms with Crippen molar-refractivity contribution in [1.29, 1.82) is 0 Å². The van der Waals surface area contributed by atoms with E-state index in [-0.39, 0.29) is 5.91 Å². The van der Waals surface area contributed by atoms with Crippen molar-refractivity contribution in [2.45, 2.75) is 13.5 Å². The Morgan fingerprint density at radius 1 is 1.14 bits per heavy atom. The summed E-state index contributed by atoms with van der Waals surface area (Å²) in [6.07, 6.45) is 0. The van der Waals surface area contributed by atoms with E-state index in [1.165, 1.54) is 0 Å². The summed E-state index contributed by atoms with van der Waals surface area (Å²) < 4.78 is 5.72. The Bertz CT molecular complexity index is 636. The smallest absolute Gasteiger partial charge is 0.253 e. The van der Waals surface area contributed by atoms with Gasteiger partial charge < -0.3 is 9.64 Å². The minimum absolute atomic E-state index is 0.0100. The number of carbonyl (C=O) groups is 1. The first kappa shape index (κ1) is 15.4. The number of nitrogens with zero attached hydrogens (tertiary/aromatic N) is 1. The number of ether oxygens (including phenoxy) is 1. The Balaban J connectivity index is 2.04. The average Bonchev–Trinajstić information content (AvgIpc) is 2.48. The second-order valence-electron chi connectivity index (χ2n) is 5.12. The van der Waals surface area contributed by atoms with E-state index in [9.17, 15) is 4.79 Å². The van der Waals surface area contributed by atoms with Crippen LogP contribution in [0.15, 0.2) is 42.5 Å². The third-order valence-electron chi connectivity index (χ3n) is 3.09. The van der Waals surface area contributed by atoms with E-state index in [4.69, 9.17) is 16.3 Å². The number of aryl methyl sites for hydroxylation is 1. The molecule has 2 aromatic rings. The van der Waals surface area contributed by atoms with Crippen molar-refractivity contribution in [3.8, 4) is 5.75 Å². The number of halogens is 1. The van der Waals surface area contributed by atoms with Gasteiger partial charge in [-0.15, -0.1) is 0 Å². The Hall–Kier alpha value is -2.00. The van der Waals surface area contributed by atoms with Crippen LogP contribution in [0.25, 0.3) is 0 Å². The summed E-state index contributed by atoms with van der Waals surface area (Å²) in [5, 5.41) is 0.597. The number of hydrogen-bond donors (Lipinski definition) is 0. The summed E-state index contributed by atoms with van der Waals surface area (Å²) in [6, 6.07) is 13.1. The van der Waals surface area contributed by atoms with Gasteiger partial charge in [-0.1, -0.05) is 29.8 Å². The highest BCUT2D eigenvalue weighted by Crippen LogP contribution is 2.26. The van der Waals surface area contributed by atoms with Gasteiger partial charge in [0.25, 0.3) is 5.91 Å². The van der Waals surface area contributed by atoms with E-state index in [1.54, 1.807) is 31.1 Å². The van der Waals surface area contributed by atoms with Crippen molar-refractivity contribution in [3.05, 3.63) is 64.2 Å². The van der Waals surface area contributed by atoms with E-state index < -0.39 is 0 Å². The van der Waals surface area contributed by atoms with E-state index in [0.29, 0.717) is 22.9 Å². The number of benzene rings is 2. The third kappa shape index (κ3) is 3.99. The van der Waals surface area contributed by atoms with Crippen LogP contribution in [0.3, 0.4) is 0 Å². The summed E-state index contributed by atoms with van der Waals surface area (Å²) in [7, 11) is 3.47. The first-order chi connectivity index (χ1) is 9.97. The summed E-state index contributed by atoms with van der Waals surface area (Å²) in [6.45, 7) is 2.41. The standard InChI is InChI=1S/C17H18ClNO2/c1-12-4-9-15(18)16(10-12)21-11-13-5-7-14(8-6-13)17(20)19(2)3/h4-10H,11H2,1-3H3. The Labute approximate surface area is 130 Å². The predicted octanol–water partition coefficient (Wildman–Crippen LogP) is 3.93. The van der Waals surface area contributed by atoms with Crippen LogP contribution in [-0.2, 0) is 6.61 Å². The van der Waals surface area contributed by atoms with Crippen molar-refractivity contribution in [1.82, 2.24) is 4.90 Å². The molecule has 0 N–H and O–H groups in total. The van der Waals surface area contributed by atoms with Crippen LogP contribution < -0.4 is 4.74 Å². The fourth-order valence-corrected chi connectivity index (χ4v) is 2.06. The van der Waals surface area contributed by atoms with E-state index in [0.717, 1.165) is 11.1 Å². The quantitative estimate of drug-likeness (QED) is 0.856. The first-order valence-corrected chi connectivity index (χ1v) is 7.04. The van der Waals surface area contributed by atoms with Crippen molar-refractivity contribution in [3.63, 3.8) is 0 Å². The van der Waals surface area contributed by atoms with Gasteiger partial charge >= 0.3 is 0 Å². The van der Waals surface area contributed by atoms with Crippen LogP contribution in [0, 0.1) is 6.92 Å². The molecule has 0 heterocycles. The van der Waals surface area contributed by atoms with Crippen LogP contribution in [-0.4, -0.2) is 24.9 Å². The molecule has 110 valence electrons. The van der Waals surface area contributed by atoms with Gasteiger partial charge in [-0.25, -0.2) is 0 Å². The molecule has 0 radical (unpaired) electrons. The third-order valence-corrected chi connectivity index (χ3v) is 3.40. The summed E-state index contributed by atoms with van der Waals surface area (Å²) in [5.41, 5.74) is 2.75. The van der Waals surface area contributed by atoms with Crippen molar-refractivity contribution in [2.75, 3.05) is 14.1 Å². The lowest BCUT2D eigenvalue weighted by Crippen LogP contribution is -2.21. The molecular weight excluding hydrogens is 286 g/mol. The molecule has 0 bridgehead atoms. The van der Waals surface area contributed by atoms with Gasteiger partial charge in [0, 0.05) is 19.7 Å². The van der Waals surface area contributed by atoms with E-state index in [2.05, 4.69) is 0 Å². The molecule has 21 heavy (non-hydrogen) atoms. The molecule has 0 atom stereocenters. The van der Waals surface area contributed by atoms with Gasteiger partial charge in [-0.3, -0.25) is 4.79 Å². The van der Waals surface area contributed by atoms with E-state index >= 15 is 0 Å². The van der Waals surface area contributed by atoms with Gasteiger partial charge in [-0.05, 0) is 42.3 Å². The molecular formula is C17H18ClNO2. The van der Waals surface area contributed by atoms with Gasteiger partial charge in [0.05, 0.1) is 5.02 Å².